The van der Waals surface area contributed by atoms with E-state index in [0.29, 0.717) is 6.04 Å². The highest BCUT2D eigenvalue weighted by molar-refractivity contribution is 4.93. The van der Waals surface area contributed by atoms with Crippen LogP contribution in [0.25, 0.3) is 0 Å². The molecule has 0 amide bonds. The van der Waals surface area contributed by atoms with Crippen molar-refractivity contribution in [2.24, 2.45) is 0 Å². The first-order chi connectivity index (χ1) is 7.34. The largest absolute Gasteiger partial charge is 0.347 e. The molecule has 0 radical (unpaired) electrons. The van der Waals surface area contributed by atoms with Crippen molar-refractivity contribution >= 4 is 0 Å². The molecule has 1 aromatic rings. The third-order valence-corrected chi connectivity index (χ3v) is 2.94. The molecule has 1 saturated heterocycles. The summed E-state index contributed by atoms with van der Waals surface area (Å²) in [5.41, 5.74) is 1.19. The first-order valence-corrected chi connectivity index (χ1v) is 5.74. The van der Waals surface area contributed by atoms with Crippen molar-refractivity contribution in [2.45, 2.75) is 31.8 Å². The van der Waals surface area contributed by atoms with Crippen LogP contribution in [0, 0.1) is 0 Å². The Morgan fingerprint density at radius 1 is 1.53 bits per heavy atom. The standard InChI is InChI=1S/C11H20N4/c1-15(8-11-6-12-9-14-11)7-10-4-2-3-5-13-10/h6,9-10,13H,2-5,7-8H2,1H3,(H,12,14). The SMILES string of the molecule is CN(Cc1cnc[nH]1)CC1CCCCN1. The van der Waals surface area contributed by atoms with Gasteiger partial charge < -0.3 is 10.3 Å². The molecule has 0 aromatic carbocycles. The third-order valence-electron chi connectivity index (χ3n) is 2.94. The second kappa shape index (κ2) is 5.28. The molecule has 1 aliphatic rings. The Labute approximate surface area is 91.1 Å². The van der Waals surface area contributed by atoms with E-state index in [2.05, 4.69) is 27.2 Å². The van der Waals surface area contributed by atoms with E-state index < -0.39 is 0 Å². The van der Waals surface area contributed by atoms with Crippen LogP contribution >= 0.6 is 0 Å². The monoisotopic (exact) mass is 208 g/mol. The van der Waals surface area contributed by atoms with Crippen LogP contribution in [0.5, 0.6) is 0 Å². The van der Waals surface area contributed by atoms with E-state index >= 15 is 0 Å². The molecule has 84 valence electrons. The molecule has 1 fully saturated rings. The van der Waals surface area contributed by atoms with Gasteiger partial charge in [0.05, 0.1) is 6.33 Å². The highest BCUT2D eigenvalue weighted by Gasteiger charge is 2.14. The van der Waals surface area contributed by atoms with E-state index in [-0.39, 0.29) is 0 Å². The van der Waals surface area contributed by atoms with Gasteiger partial charge in [0.1, 0.15) is 0 Å². The molecule has 1 unspecified atom stereocenters. The molecular weight excluding hydrogens is 188 g/mol. The summed E-state index contributed by atoms with van der Waals surface area (Å²) < 4.78 is 0. The van der Waals surface area contributed by atoms with Gasteiger partial charge in [-0.05, 0) is 26.4 Å². The topological polar surface area (TPSA) is 44.0 Å². The summed E-state index contributed by atoms with van der Waals surface area (Å²) in [4.78, 5) is 9.50. The number of likely N-dealkylation sites (N-methyl/N-ethyl adjacent to an activating group) is 1. The van der Waals surface area contributed by atoms with Crippen LogP contribution in [0.1, 0.15) is 25.0 Å². The number of aromatic nitrogens is 2. The Morgan fingerprint density at radius 3 is 3.13 bits per heavy atom. The van der Waals surface area contributed by atoms with E-state index in [1.54, 1.807) is 6.33 Å². The molecule has 1 atom stereocenters. The van der Waals surface area contributed by atoms with Crippen molar-refractivity contribution in [3.05, 3.63) is 18.2 Å². The number of aromatic amines is 1. The predicted molar refractivity (Wildman–Crippen MR) is 60.6 cm³/mol. The van der Waals surface area contributed by atoms with Gasteiger partial charge in [-0.15, -0.1) is 0 Å². The number of piperidine rings is 1. The summed E-state index contributed by atoms with van der Waals surface area (Å²) in [7, 11) is 2.16. The van der Waals surface area contributed by atoms with Crippen LogP contribution in [-0.2, 0) is 6.54 Å². The first kappa shape index (κ1) is 10.6. The molecule has 15 heavy (non-hydrogen) atoms. The Bertz CT molecular complexity index is 264. The lowest BCUT2D eigenvalue weighted by molar-refractivity contribution is 0.254. The molecule has 0 aliphatic carbocycles. The van der Waals surface area contributed by atoms with Gasteiger partial charge in [0.25, 0.3) is 0 Å². The number of nitrogens with zero attached hydrogens (tertiary/aromatic N) is 2. The van der Waals surface area contributed by atoms with E-state index in [1.165, 1.54) is 31.5 Å². The van der Waals surface area contributed by atoms with E-state index in [4.69, 9.17) is 0 Å². The fourth-order valence-corrected chi connectivity index (χ4v) is 2.18. The summed E-state index contributed by atoms with van der Waals surface area (Å²) >= 11 is 0. The zero-order valence-corrected chi connectivity index (χ0v) is 9.37. The van der Waals surface area contributed by atoms with Crippen molar-refractivity contribution in [1.82, 2.24) is 20.2 Å². The van der Waals surface area contributed by atoms with E-state index in [9.17, 15) is 0 Å². The van der Waals surface area contributed by atoms with Gasteiger partial charge in [0.15, 0.2) is 0 Å². The summed E-state index contributed by atoms with van der Waals surface area (Å²) in [5, 5.41) is 3.56. The molecule has 2 rings (SSSR count). The number of hydrogen-bond acceptors (Lipinski definition) is 3. The van der Waals surface area contributed by atoms with Crippen LogP contribution in [0.4, 0.5) is 0 Å². The van der Waals surface area contributed by atoms with Crippen LogP contribution in [0.3, 0.4) is 0 Å². The Kier molecular flexibility index (Phi) is 3.75. The molecule has 0 saturated carbocycles. The van der Waals surface area contributed by atoms with Crippen LogP contribution in [0.15, 0.2) is 12.5 Å². The second-order valence-electron chi connectivity index (χ2n) is 4.42. The predicted octanol–water partition coefficient (Wildman–Crippen LogP) is 0.984. The smallest absolute Gasteiger partial charge is 0.0922 e. The maximum Gasteiger partial charge on any atom is 0.0922 e. The van der Waals surface area contributed by atoms with Crippen molar-refractivity contribution in [3.63, 3.8) is 0 Å². The molecular formula is C11H20N4. The van der Waals surface area contributed by atoms with Gasteiger partial charge in [0, 0.05) is 31.0 Å². The van der Waals surface area contributed by atoms with Gasteiger partial charge in [-0.1, -0.05) is 6.42 Å². The highest BCUT2D eigenvalue weighted by atomic mass is 15.1. The number of H-pyrrole nitrogens is 1. The average molecular weight is 208 g/mol. The van der Waals surface area contributed by atoms with Gasteiger partial charge in [0.2, 0.25) is 0 Å². The summed E-state index contributed by atoms with van der Waals surface area (Å²) in [5.74, 6) is 0. The number of imidazole rings is 1. The fraction of sp³-hybridized carbons (Fsp3) is 0.727. The fourth-order valence-electron chi connectivity index (χ4n) is 2.18. The first-order valence-electron chi connectivity index (χ1n) is 5.74. The van der Waals surface area contributed by atoms with Crippen LogP contribution in [0.2, 0.25) is 0 Å². The number of nitrogens with one attached hydrogen (secondary N) is 2. The maximum atomic E-state index is 4.02. The minimum Gasteiger partial charge on any atom is -0.347 e. The molecule has 1 aliphatic heterocycles. The second-order valence-corrected chi connectivity index (χ2v) is 4.42. The van der Waals surface area contributed by atoms with E-state index in [1.807, 2.05) is 6.20 Å². The quantitative estimate of drug-likeness (QED) is 0.775. The number of hydrogen-bond donors (Lipinski definition) is 2. The Balaban J connectivity index is 1.74. The Hall–Kier alpha value is -0.870. The normalized spacial score (nSPS) is 22.1. The van der Waals surface area contributed by atoms with Crippen molar-refractivity contribution in [1.29, 1.82) is 0 Å². The number of rotatable bonds is 4. The summed E-state index contributed by atoms with van der Waals surface area (Å²) in [6, 6.07) is 0.673. The Morgan fingerprint density at radius 2 is 2.47 bits per heavy atom. The van der Waals surface area contributed by atoms with Gasteiger partial charge >= 0.3 is 0 Å². The van der Waals surface area contributed by atoms with Gasteiger partial charge in [-0.25, -0.2) is 4.98 Å². The minimum atomic E-state index is 0.673. The van der Waals surface area contributed by atoms with Crippen molar-refractivity contribution < 1.29 is 0 Å². The van der Waals surface area contributed by atoms with E-state index in [0.717, 1.165) is 13.1 Å². The summed E-state index contributed by atoms with van der Waals surface area (Å²) in [6.45, 7) is 3.26. The maximum absolute atomic E-state index is 4.02. The molecule has 4 heteroatoms. The van der Waals surface area contributed by atoms with Gasteiger partial charge in [-0.2, -0.15) is 0 Å². The van der Waals surface area contributed by atoms with Crippen molar-refractivity contribution in [2.75, 3.05) is 20.1 Å². The molecule has 1 aromatic heterocycles. The zero-order valence-electron chi connectivity index (χ0n) is 9.37. The molecule has 2 heterocycles. The summed E-state index contributed by atoms with van der Waals surface area (Å²) in [6.07, 6.45) is 7.65. The molecule has 4 nitrogen and oxygen atoms in total. The zero-order chi connectivity index (χ0) is 10.5. The molecule has 0 bridgehead atoms. The lowest BCUT2D eigenvalue weighted by atomic mass is 10.0. The minimum absolute atomic E-state index is 0.673. The lowest BCUT2D eigenvalue weighted by Crippen LogP contribution is -2.42. The third kappa shape index (κ3) is 3.32. The van der Waals surface area contributed by atoms with Crippen molar-refractivity contribution in [3.8, 4) is 0 Å². The molecule has 2 N–H and O–H groups in total. The lowest BCUT2D eigenvalue weighted by Gasteiger charge is -2.27. The highest BCUT2D eigenvalue weighted by Crippen LogP contribution is 2.08. The van der Waals surface area contributed by atoms with Crippen LogP contribution in [-0.4, -0.2) is 41.0 Å². The van der Waals surface area contributed by atoms with Gasteiger partial charge in [-0.3, -0.25) is 4.90 Å². The molecule has 0 spiro atoms. The van der Waals surface area contributed by atoms with Crippen LogP contribution < -0.4 is 5.32 Å². The average Bonchev–Trinajstić information content (AvgIpc) is 2.71.